The van der Waals surface area contributed by atoms with E-state index in [1.54, 1.807) is 13.2 Å². The van der Waals surface area contributed by atoms with Crippen LogP contribution in [-0.2, 0) is 6.42 Å². The number of ether oxygens (including phenoxy) is 1. The zero-order valence-corrected chi connectivity index (χ0v) is 12.2. The standard InChI is InChI=1S/C16H17ClN2O/c1-20-12-9-8-11-4-2-5-14(13(11)10-12)18-16-7-3-6-15(17)19-16/h3,6-10,14H,2,4-5H2,1H3,(H,18,19). The van der Waals surface area contributed by atoms with Crippen LogP contribution in [0.4, 0.5) is 5.82 Å². The van der Waals surface area contributed by atoms with Gasteiger partial charge in [-0.05, 0) is 54.7 Å². The van der Waals surface area contributed by atoms with Gasteiger partial charge in [-0.25, -0.2) is 4.98 Å². The van der Waals surface area contributed by atoms with Crippen molar-refractivity contribution in [2.45, 2.75) is 25.3 Å². The van der Waals surface area contributed by atoms with Crippen molar-refractivity contribution in [3.63, 3.8) is 0 Å². The van der Waals surface area contributed by atoms with Gasteiger partial charge in [0.15, 0.2) is 0 Å². The van der Waals surface area contributed by atoms with E-state index in [9.17, 15) is 0 Å². The average molecular weight is 289 g/mol. The predicted octanol–water partition coefficient (Wildman–Crippen LogP) is 4.23. The molecule has 1 aromatic carbocycles. The summed E-state index contributed by atoms with van der Waals surface area (Å²) in [6.07, 6.45) is 3.40. The van der Waals surface area contributed by atoms with Crippen molar-refractivity contribution in [1.82, 2.24) is 4.98 Å². The maximum atomic E-state index is 5.94. The molecule has 20 heavy (non-hydrogen) atoms. The number of aryl methyl sites for hydroxylation is 1. The third-order valence-electron chi connectivity index (χ3n) is 3.70. The SMILES string of the molecule is COc1ccc2c(c1)C(Nc1cccc(Cl)n1)CCC2. The van der Waals surface area contributed by atoms with Gasteiger partial charge in [-0.3, -0.25) is 0 Å². The highest BCUT2D eigenvalue weighted by Gasteiger charge is 2.21. The van der Waals surface area contributed by atoms with E-state index in [0.29, 0.717) is 5.15 Å². The Labute approximate surface area is 123 Å². The highest BCUT2D eigenvalue weighted by Crippen LogP contribution is 2.34. The summed E-state index contributed by atoms with van der Waals surface area (Å²) in [6.45, 7) is 0. The van der Waals surface area contributed by atoms with Crippen LogP contribution in [0.15, 0.2) is 36.4 Å². The van der Waals surface area contributed by atoms with Gasteiger partial charge in [0.2, 0.25) is 0 Å². The number of anilines is 1. The molecule has 3 rings (SSSR count). The maximum absolute atomic E-state index is 5.94. The summed E-state index contributed by atoms with van der Waals surface area (Å²) in [6, 6.07) is 12.2. The molecule has 0 aliphatic heterocycles. The second-order valence-electron chi connectivity index (χ2n) is 5.00. The van der Waals surface area contributed by atoms with Gasteiger partial charge in [0.1, 0.15) is 16.7 Å². The van der Waals surface area contributed by atoms with E-state index in [1.165, 1.54) is 17.5 Å². The molecular weight excluding hydrogens is 272 g/mol. The fraction of sp³-hybridized carbons (Fsp3) is 0.312. The van der Waals surface area contributed by atoms with Crippen LogP contribution in [0.1, 0.15) is 30.0 Å². The Hall–Kier alpha value is -1.74. The molecule has 1 aliphatic rings. The number of benzene rings is 1. The van der Waals surface area contributed by atoms with Crippen LogP contribution in [0.3, 0.4) is 0 Å². The molecule has 1 aromatic heterocycles. The van der Waals surface area contributed by atoms with Crippen molar-refractivity contribution in [2.24, 2.45) is 0 Å². The van der Waals surface area contributed by atoms with E-state index in [-0.39, 0.29) is 6.04 Å². The van der Waals surface area contributed by atoms with Gasteiger partial charge >= 0.3 is 0 Å². The molecule has 1 unspecified atom stereocenters. The van der Waals surface area contributed by atoms with Crippen LogP contribution >= 0.6 is 11.6 Å². The molecule has 3 nitrogen and oxygen atoms in total. The predicted molar refractivity (Wildman–Crippen MR) is 81.5 cm³/mol. The summed E-state index contributed by atoms with van der Waals surface area (Å²) in [7, 11) is 1.70. The number of nitrogens with one attached hydrogen (secondary N) is 1. The van der Waals surface area contributed by atoms with Gasteiger partial charge in [-0.2, -0.15) is 0 Å². The van der Waals surface area contributed by atoms with Crippen LogP contribution in [0.25, 0.3) is 0 Å². The third kappa shape index (κ3) is 2.73. The van der Waals surface area contributed by atoms with Gasteiger partial charge in [0.05, 0.1) is 13.2 Å². The first-order valence-electron chi connectivity index (χ1n) is 6.82. The number of pyridine rings is 1. The second kappa shape index (κ2) is 5.71. The van der Waals surface area contributed by atoms with E-state index >= 15 is 0 Å². The van der Waals surface area contributed by atoms with Gasteiger partial charge in [0.25, 0.3) is 0 Å². The van der Waals surface area contributed by atoms with E-state index in [2.05, 4.69) is 22.4 Å². The molecule has 0 fully saturated rings. The molecule has 104 valence electrons. The van der Waals surface area contributed by atoms with Crippen molar-refractivity contribution in [1.29, 1.82) is 0 Å². The zero-order chi connectivity index (χ0) is 13.9. The summed E-state index contributed by atoms with van der Waals surface area (Å²) < 4.78 is 5.33. The fourth-order valence-electron chi connectivity index (χ4n) is 2.72. The lowest BCUT2D eigenvalue weighted by atomic mass is 9.87. The minimum absolute atomic E-state index is 0.264. The molecule has 0 radical (unpaired) electrons. The van der Waals surface area contributed by atoms with Crippen molar-refractivity contribution in [3.05, 3.63) is 52.7 Å². The monoisotopic (exact) mass is 288 g/mol. The van der Waals surface area contributed by atoms with E-state index in [1.807, 2.05) is 18.2 Å². The fourth-order valence-corrected chi connectivity index (χ4v) is 2.89. The molecule has 0 amide bonds. The second-order valence-corrected chi connectivity index (χ2v) is 5.39. The van der Waals surface area contributed by atoms with E-state index < -0.39 is 0 Å². The number of aromatic nitrogens is 1. The van der Waals surface area contributed by atoms with Gasteiger partial charge in [-0.15, -0.1) is 0 Å². The van der Waals surface area contributed by atoms with Crippen molar-refractivity contribution in [3.8, 4) is 5.75 Å². The number of halogens is 1. The van der Waals surface area contributed by atoms with Gasteiger partial charge < -0.3 is 10.1 Å². The molecule has 4 heteroatoms. The van der Waals surface area contributed by atoms with Crippen molar-refractivity contribution in [2.75, 3.05) is 12.4 Å². The molecule has 0 bridgehead atoms. The summed E-state index contributed by atoms with van der Waals surface area (Å²) in [5.41, 5.74) is 2.69. The summed E-state index contributed by atoms with van der Waals surface area (Å²) in [5.74, 6) is 1.72. The minimum Gasteiger partial charge on any atom is -0.497 e. The maximum Gasteiger partial charge on any atom is 0.131 e. The molecule has 1 heterocycles. The number of hydrogen-bond donors (Lipinski definition) is 1. The first-order chi connectivity index (χ1) is 9.76. The lowest BCUT2D eigenvalue weighted by Crippen LogP contribution is -2.18. The quantitative estimate of drug-likeness (QED) is 0.858. The van der Waals surface area contributed by atoms with Crippen LogP contribution < -0.4 is 10.1 Å². The third-order valence-corrected chi connectivity index (χ3v) is 3.92. The van der Waals surface area contributed by atoms with Crippen molar-refractivity contribution >= 4 is 17.4 Å². The summed E-state index contributed by atoms with van der Waals surface area (Å²) in [5, 5.41) is 3.99. The Morgan fingerprint density at radius 3 is 3.00 bits per heavy atom. The number of nitrogens with zero attached hydrogens (tertiary/aromatic N) is 1. The Bertz CT molecular complexity index is 615. The molecule has 0 spiro atoms. The lowest BCUT2D eigenvalue weighted by molar-refractivity contribution is 0.413. The molecule has 1 aliphatic carbocycles. The topological polar surface area (TPSA) is 34.1 Å². The number of methoxy groups -OCH3 is 1. The first kappa shape index (κ1) is 13.3. The number of fused-ring (bicyclic) bond motifs is 1. The van der Waals surface area contributed by atoms with Gasteiger partial charge in [-0.1, -0.05) is 23.7 Å². The Kier molecular flexibility index (Phi) is 3.79. The average Bonchev–Trinajstić information content (AvgIpc) is 2.47. The molecule has 1 atom stereocenters. The van der Waals surface area contributed by atoms with Crippen LogP contribution in [0.2, 0.25) is 5.15 Å². The minimum atomic E-state index is 0.264. The van der Waals surface area contributed by atoms with Crippen LogP contribution in [0.5, 0.6) is 5.75 Å². The van der Waals surface area contributed by atoms with Crippen LogP contribution in [-0.4, -0.2) is 12.1 Å². The Balaban J connectivity index is 1.89. The molecular formula is C16H17ClN2O. The lowest BCUT2D eigenvalue weighted by Gasteiger charge is -2.27. The molecule has 0 saturated heterocycles. The normalized spacial score (nSPS) is 17.4. The van der Waals surface area contributed by atoms with Gasteiger partial charge in [0, 0.05) is 0 Å². The highest BCUT2D eigenvalue weighted by molar-refractivity contribution is 6.29. The Morgan fingerprint density at radius 2 is 2.20 bits per heavy atom. The Morgan fingerprint density at radius 1 is 1.30 bits per heavy atom. The highest BCUT2D eigenvalue weighted by atomic mass is 35.5. The van der Waals surface area contributed by atoms with Crippen LogP contribution in [0, 0.1) is 0 Å². The smallest absolute Gasteiger partial charge is 0.131 e. The number of rotatable bonds is 3. The molecule has 0 saturated carbocycles. The largest absolute Gasteiger partial charge is 0.497 e. The summed E-state index contributed by atoms with van der Waals surface area (Å²) >= 11 is 5.94. The van der Waals surface area contributed by atoms with Crippen molar-refractivity contribution < 1.29 is 4.74 Å². The molecule has 1 N–H and O–H groups in total. The zero-order valence-electron chi connectivity index (χ0n) is 11.4. The van der Waals surface area contributed by atoms with E-state index in [0.717, 1.165) is 24.4 Å². The molecule has 2 aromatic rings. The summed E-state index contributed by atoms with van der Waals surface area (Å²) in [4.78, 5) is 4.31. The van der Waals surface area contributed by atoms with E-state index in [4.69, 9.17) is 16.3 Å². The number of hydrogen-bond acceptors (Lipinski definition) is 3. The first-order valence-corrected chi connectivity index (χ1v) is 7.20.